The van der Waals surface area contributed by atoms with E-state index >= 15 is 0 Å². The van der Waals surface area contributed by atoms with Crippen LogP contribution in [0.25, 0.3) is 6.08 Å². The highest BCUT2D eigenvalue weighted by molar-refractivity contribution is 5.67. The van der Waals surface area contributed by atoms with Gasteiger partial charge in [-0.1, -0.05) is 25.6 Å². The summed E-state index contributed by atoms with van der Waals surface area (Å²) < 4.78 is 5.52. The molecule has 0 N–H and O–H groups in total. The molecule has 0 saturated carbocycles. The smallest absolute Gasteiger partial charge is 0.0717 e. The fourth-order valence-corrected chi connectivity index (χ4v) is 1.60. The second kappa shape index (κ2) is 6.33. The lowest BCUT2D eigenvalue weighted by atomic mass is 10.1. The third-order valence-corrected chi connectivity index (χ3v) is 2.41. The highest BCUT2D eigenvalue weighted by Gasteiger charge is 2.03. The number of anilines is 1. The Morgan fingerprint density at radius 1 is 1.38 bits per heavy atom. The molecule has 0 radical (unpaired) electrons. The summed E-state index contributed by atoms with van der Waals surface area (Å²) in [5.74, 6) is 0. The predicted octanol–water partition coefficient (Wildman–Crippen LogP) is 3.32. The van der Waals surface area contributed by atoms with Crippen LogP contribution in [0.3, 0.4) is 0 Å². The predicted molar refractivity (Wildman–Crippen MR) is 70.8 cm³/mol. The van der Waals surface area contributed by atoms with Crippen LogP contribution in [0, 0.1) is 0 Å². The first-order valence-corrected chi connectivity index (χ1v) is 5.69. The minimum absolute atomic E-state index is 0.683. The van der Waals surface area contributed by atoms with Crippen LogP contribution in [0.15, 0.2) is 24.8 Å². The third-order valence-electron chi connectivity index (χ3n) is 2.41. The Morgan fingerprint density at radius 2 is 2.12 bits per heavy atom. The van der Waals surface area contributed by atoms with E-state index in [9.17, 15) is 0 Å². The molecule has 1 aromatic rings. The molecule has 1 aromatic carbocycles. The fourth-order valence-electron chi connectivity index (χ4n) is 1.60. The highest BCUT2D eigenvalue weighted by atomic mass is 16.5. The van der Waals surface area contributed by atoms with Crippen molar-refractivity contribution in [2.75, 3.05) is 25.6 Å². The van der Waals surface area contributed by atoms with Crippen molar-refractivity contribution in [3.05, 3.63) is 35.9 Å². The quantitative estimate of drug-likeness (QED) is 0.680. The van der Waals surface area contributed by atoms with Gasteiger partial charge < -0.3 is 9.64 Å². The van der Waals surface area contributed by atoms with Crippen molar-refractivity contribution in [1.82, 2.24) is 0 Å². The SMILES string of the molecule is C=Cc1cc(COCCC)ccc1N(C)C. The minimum atomic E-state index is 0.683. The summed E-state index contributed by atoms with van der Waals surface area (Å²) in [5, 5.41) is 0. The molecule has 0 spiro atoms. The van der Waals surface area contributed by atoms with E-state index in [-0.39, 0.29) is 0 Å². The van der Waals surface area contributed by atoms with E-state index in [1.54, 1.807) is 0 Å². The second-order valence-electron chi connectivity index (χ2n) is 4.04. The fraction of sp³-hybridized carbons (Fsp3) is 0.429. The topological polar surface area (TPSA) is 12.5 Å². The summed E-state index contributed by atoms with van der Waals surface area (Å²) in [6.45, 7) is 7.46. The average Bonchev–Trinajstić information content (AvgIpc) is 2.29. The van der Waals surface area contributed by atoms with Gasteiger partial charge in [-0.05, 0) is 29.7 Å². The Bertz CT molecular complexity index is 345. The molecule has 2 heteroatoms. The van der Waals surface area contributed by atoms with Gasteiger partial charge >= 0.3 is 0 Å². The van der Waals surface area contributed by atoms with Crippen molar-refractivity contribution in [3.8, 4) is 0 Å². The Morgan fingerprint density at radius 3 is 2.69 bits per heavy atom. The number of rotatable bonds is 6. The maximum Gasteiger partial charge on any atom is 0.0717 e. The molecule has 0 heterocycles. The zero-order valence-corrected chi connectivity index (χ0v) is 10.5. The Kier molecular flexibility index (Phi) is 5.06. The molecule has 2 nitrogen and oxygen atoms in total. The molecule has 1 rings (SSSR count). The summed E-state index contributed by atoms with van der Waals surface area (Å²) in [5.41, 5.74) is 3.55. The van der Waals surface area contributed by atoms with Crippen LogP contribution in [0.1, 0.15) is 24.5 Å². The molecule has 0 aliphatic carbocycles. The molecule has 0 atom stereocenters. The maximum absolute atomic E-state index is 5.52. The molecule has 0 aliphatic rings. The molecule has 0 bridgehead atoms. The Hall–Kier alpha value is -1.28. The molecule has 0 saturated heterocycles. The third kappa shape index (κ3) is 3.38. The van der Waals surface area contributed by atoms with Gasteiger partial charge in [-0.2, -0.15) is 0 Å². The largest absolute Gasteiger partial charge is 0.377 e. The summed E-state index contributed by atoms with van der Waals surface area (Å²) in [4.78, 5) is 2.09. The van der Waals surface area contributed by atoms with Crippen molar-refractivity contribution >= 4 is 11.8 Å². The van der Waals surface area contributed by atoms with Crippen LogP contribution in [0.2, 0.25) is 0 Å². The van der Waals surface area contributed by atoms with E-state index in [0.29, 0.717) is 6.61 Å². The molecular weight excluding hydrogens is 198 g/mol. The second-order valence-corrected chi connectivity index (χ2v) is 4.04. The van der Waals surface area contributed by atoms with E-state index in [1.165, 1.54) is 11.3 Å². The van der Waals surface area contributed by atoms with Crippen LogP contribution >= 0.6 is 0 Å². The lowest BCUT2D eigenvalue weighted by Crippen LogP contribution is -2.10. The zero-order valence-electron chi connectivity index (χ0n) is 10.5. The zero-order chi connectivity index (χ0) is 12.0. The van der Waals surface area contributed by atoms with Gasteiger partial charge in [0.15, 0.2) is 0 Å². The van der Waals surface area contributed by atoms with Gasteiger partial charge in [0, 0.05) is 26.4 Å². The van der Waals surface area contributed by atoms with E-state index in [4.69, 9.17) is 4.74 Å². The molecule has 88 valence electrons. The Balaban J connectivity index is 2.78. The standard InChI is InChI=1S/C14H21NO/c1-5-9-16-11-12-7-8-14(15(3)4)13(6-2)10-12/h6-8,10H,2,5,9,11H2,1,3-4H3. The summed E-state index contributed by atoms with van der Waals surface area (Å²) in [6, 6.07) is 6.36. The average molecular weight is 219 g/mol. The molecular formula is C14H21NO. The molecule has 0 amide bonds. The molecule has 0 aromatic heterocycles. The van der Waals surface area contributed by atoms with Crippen molar-refractivity contribution in [2.24, 2.45) is 0 Å². The maximum atomic E-state index is 5.52. The monoisotopic (exact) mass is 219 g/mol. The van der Waals surface area contributed by atoms with Crippen molar-refractivity contribution in [1.29, 1.82) is 0 Å². The van der Waals surface area contributed by atoms with Crippen LogP contribution in [0.4, 0.5) is 5.69 Å². The van der Waals surface area contributed by atoms with Gasteiger partial charge in [0.05, 0.1) is 6.61 Å². The van der Waals surface area contributed by atoms with Crippen LogP contribution in [0.5, 0.6) is 0 Å². The van der Waals surface area contributed by atoms with Crippen molar-refractivity contribution in [2.45, 2.75) is 20.0 Å². The first-order chi connectivity index (χ1) is 7.69. The molecule has 0 fully saturated rings. The first kappa shape index (κ1) is 12.8. The van der Waals surface area contributed by atoms with E-state index < -0.39 is 0 Å². The van der Waals surface area contributed by atoms with Gasteiger partial charge in [-0.3, -0.25) is 0 Å². The minimum Gasteiger partial charge on any atom is -0.377 e. The highest BCUT2D eigenvalue weighted by Crippen LogP contribution is 2.21. The molecule has 16 heavy (non-hydrogen) atoms. The normalized spacial score (nSPS) is 10.2. The van der Waals surface area contributed by atoms with Crippen molar-refractivity contribution in [3.63, 3.8) is 0 Å². The lowest BCUT2D eigenvalue weighted by molar-refractivity contribution is 0.121. The van der Waals surface area contributed by atoms with Crippen LogP contribution < -0.4 is 4.90 Å². The van der Waals surface area contributed by atoms with Gasteiger partial charge in [-0.25, -0.2) is 0 Å². The van der Waals surface area contributed by atoms with Gasteiger partial charge in [-0.15, -0.1) is 0 Å². The number of benzene rings is 1. The molecule has 0 unspecified atom stereocenters. The lowest BCUT2D eigenvalue weighted by Gasteiger charge is -2.16. The van der Waals surface area contributed by atoms with Gasteiger partial charge in [0.2, 0.25) is 0 Å². The summed E-state index contributed by atoms with van der Waals surface area (Å²) >= 11 is 0. The molecule has 0 aliphatic heterocycles. The van der Waals surface area contributed by atoms with E-state index in [1.807, 2.05) is 20.2 Å². The van der Waals surface area contributed by atoms with Gasteiger partial charge in [0.1, 0.15) is 0 Å². The van der Waals surface area contributed by atoms with E-state index in [2.05, 4.69) is 36.6 Å². The number of hydrogen-bond acceptors (Lipinski definition) is 2. The first-order valence-electron chi connectivity index (χ1n) is 5.69. The van der Waals surface area contributed by atoms with E-state index in [0.717, 1.165) is 18.6 Å². The number of nitrogens with zero attached hydrogens (tertiary/aromatic N) is 1. The van der Waals surface area contributed by atoms with Crippen LogP contribution in [-0.4, -0.2) is 20.7 Å². The van der Waals surface area contributed by atoms with Crippen LogP contribution in [-0.2, 0) is 11.3 Å². The summed E-state index contributed by atoms with van der Waals surface area (Å²) in [7, 11) is 4.07. The number of hydrogen-bond donors (Lipinski definition) is 0. The Labute approximate surface area is 98.5 Å². The van der Waals surface area contributed by atoms with Gasteiger partial charge in [0.25, 0.3) is 0 Å². The van der Waals surface area contributed by atoms with Crippen molar-refractivity contribution < 1.29 is 4.74 Å². The summed E-state index contributed by atoms with van der Waals surface area (Å²) in [6.07, 6.45) is 2.95. The number of ether oxygens (including phenoxy) is 1.